The van der Waals surface area contributed by atoms with Crippen LogP contribution < -0.4 is 0 Å². The van der Waals surface area contributed by atoms with Gasteiger partial charge in [-0.1, -0.05) is 20.8 Å². The van der Waals surface area contributed by atoms with Gasteiger partial charge in [-0.15, -0.1) is 0 Å². The van der Waals surface area contributed by atoms with E-state index < -0.39 is 5.60 Å². The fraction of sp³-hybridized carbons (Fsp3) is 0.867. The van der Waals surface area contributed by atoms with Crippen LogP contribution >= 0.6 is 0 Å². The van der Waals surface area contributed by atoms with Gasteiger partial charge in [0.1, 0.15) is 11.4 Å². The van der Waals surface area contributed by atoms with Crippen molar-refractivity contribution in [2.24, 2.45) is 11.3 Å². The van der Waals surface area contributed by atoms with Crippen LogP contribution in [0.1, 0.15) is 59.3 Å². The molecule has 2 nitrogen and oxygen atoms in total. The highest BCUT2D eigenvalue weighted by atomic mass is 16.5. The molecule has 2 heteroatoms. The molecule has 0 saturated heterocycles. The van der Waals surface area contributed by atoms with Gasteiger partial charge in [-0.2, -0.15) is 0 Å². The van der Waals surface area contributed by atoms with Crippen LogP contribution in [0.15, 0.2) is 11.8 Å². The lowest BCUT2D eigenvalue weighted by Crippen LogP contribution is -2.31. The fourth-order valence-corrected chi connectivity index (χ4v) is 3.18. The van der Waals surface area contributed by atoms with Crippen LogP contribution in [-0.4, -0.2) is 17.3 Å². The Balaban J connectivity index is 2.04. The summed E-state index contributed by atoms with van der Waals surface area (Å²) in [6.45, 7) is 7.69. The van der Waals surface area contributed by atoms with E-state index in [-0.39, 0.29) is 0 Å². The molecule has 2 atom stereocenters. The standard InChI is InChI=1S/C15H26O2/c1-14(2,3)12-6-4-9-15(16,10-8-12)13-7-5-11-17-13/h7,12,16H,4-6,8-11H2,1-3H3. The van der Waals surface area contributed by atoms with Crippen LogP contribution in [0.4, 0.5) is 0 Å². The highest BCUT2D eigenvalue weighted by Gasteiger charge is 2.39. The van der Waals surface area contributed by atoms with Crippen molar-refractivity contribution in [1.29, 1.82) is 0 Å². The van der Waals surface area contributed by atoms with E-state index in [1.165, 1.54) is 6.42 Å². The Morgan fingerprint density at radius 1 is 1.29 bits per heavy atom. The summed E-state index contributed by atoms with van der Waals surface area (Å²) in [4.78, 5) is 0. The third-order valence-corrected chi connectivity index (χ3v) is 4.44. The second-order valence-electron chi connectivity index (χ2n) is 6.73. The number of hydrogen-bond donors (Lipinski definition) is 1. The predicted octanol–water partition coefficient (Wildman–Crippen LogP) is 3.65. The van der Waals surface area contributed by atoms with Crippen LogP contribution in [0.5, 0.6) is 0 Å². The van der Waals surface area contributed by atoms with Crippen molar-refractivity contribution in [3.05, 3.63) is 11.8 Å². The van der Waals surface area contributed by atoms with Gasteiger partial charge in [0.25, 0.3) is 0 Å². The van der Waals surface area contributed by atoms with Gasteiger partial charge in [0.15, 0.2) is 0 Å². The van der Waals surface area contributed by atoms with Crippen molar-refractivity contribution in [1.82, 2.24) is 0 Å². The van der Waals surface area contributed by atoms with Gasteiger partial charge in [0.05, 0.1) is 6.61 Å². The summed E-state index contributed by atoms with van der Waals surface area (Å²) in [5.41, 5.74) is -0.313. The molecule has 17 heavy (non-hydrogen) atoms. The second kappa shape index (κ2) is 4.64. The molecule has 0 radical (unpaired) electrons. The Morgan fingerprint density at radius 2 is 2.06 bits per heavy atom. The van der Waals surface area contributed by atoms with E-state index in [9.17, 15) is 5.11 Å². The highest BCUT2D eigenvalue weighted by Crippen LogP contribution is 2.42. The summed E-state index contributed by atoms with van der Waals surface area (Å²) in [7, 11) is 0. The fourth-order valence-electron chi connectivity index (χ4n) is 3.18. The van der Waals surface area contributed by atoms with E-state index in [4.69, 9.17) is 4.74 Å². The monoisotopic (exact) mass is 238 g/mol. The molecular formula is C15H26O2. The minimum atomic E-state index is -0.670. The Bertz CT molecular complexity index is 301. The third-order valence-electron chi connectivity index (χ3n) is 4.44. The zero-order valence-corrected chi connectivity index (χ0v) is 11.5. The Labute approximate surface area is 105 Å². The van der Waals surface area contributed by atoms with E-state index in [0.717, 1.165) is 50.4 Å². The van der Waals surface area contributed by atoms with Crippen molar-refractivity contribution >= 4 is 0 Å². The van der Waals surface area contributed by atoms with Crippen molar-refractivity contribution in [2.45, 2.75) is 64.9 Å². The molecule has 2 rings (SSSR count). The molecule has 0 aromatic carbocycles. The van der Waals surface area contributed by atoms with Gasteiger partial charge in [-0.25, -0.2) is 0 Å². The van der Waals surface area contributed by atoms with Gasteiger partial charge in [-0.3, -0.25) is 0 Å². The van der Waals surface area contributed by atoms with E-state index in [1.54, 1.807) is 0 Å². The van der Waals surface area contributed by atoms with Crippen molar-refractivity contribution < 1.29 is 9.84 Å². The van der Waals surface area contributed by atoms with Crippen LogP contribution in [0.2, 0.25) is 0 Å². The molecule has 1 fully saturated rings. The Hall–Kier alpha value is -0.500. The van der Waals surface area contributed by atoms with Crippen molar-refractivity contribution in [3.63, 3.8) is 0 Å². The summed E-state index contributed by atoms with van der Waals surface area (Å²) in [6.07, 6.45) is 8.23. The molecule has 0 amide bonds. The summed E-state index contributed by atoms with van der Waals surface area (Å²) in [5.74, 6) is 1.57. The smallest absolute Gasteiger partial charge is 0.124 e. The molecule has 1 aliphatic heterocycles. The molecule has 0 aromatic rings. The Morgan fingerprint density at radius 3 is 2.65 bits per heavy atom. The van der Waals surface area contributed by atoms with Crippen LogP contribution in [0.25, 0.3) is 0 Å². The molecule has 1 N–H and O–H groups in total. The molecule has 1 saturated carbocycles. The predicted molar refractivity (Wildman–Crippen MR) is 69.6 cm³/mol. The lowest BCUT2D eigenvalue weighted by Gasteiger charge is -2.31. The van der Waals surface area contributed by atoms with Gasteiger partial charge in [-0.05, 0) is 49.5 Å². The molecule has 2 unspecified atom stereocenters. The largest absolute Gasteiger partial charge is 0.495 e. The van der Waals surface area contributed by atoms with E-state index in [0.29, 0.717) is 5.41 Å². The first-order chi connectivity index (χ1) is 7.92. The van der Waals surface area contributed by atoms with Gasteiger partial charge >= 0.3 is 0 Å². The zero-order chi connectivity index (χ0) is 12.5. The number of hydrogen-bond acceptors (Lipinski definition) is 2. The summed E-state index contributed by atoms with van der Waals surface area (Å²) < 4.78 is 5.58. The number of ether oxygens (including phenoxy) is 1. The highest BCUT2D eigenvalue weighted by molar-refractivity contribution is 5.13. The maximum atomic E-state index is 10.7. The summed E-state index contributed by atoms with van der Waals surface area (Å²) >= 11 is 0. The van der Waals surface area contributed by atoms with E-state index in [1.807, 2.05) is 0 Å². The zero-order valence-electron chi connectivity index (χ0n) is 11.5. The first kappa shape index (κ1) is 12.9. The van der Waals surface area contributed by atoms with Crippen molar-refractivity contribution in [2.75, 3.05) is 6.61 Å². The maximum absolute atomic E-state index is 10.7. The lowest BCUT2D eigenvalue weighted by molar-refractivity contribution is 0.00499. The first-order valence-electron chi connectivity index (χ1n) is 6.98. The number of aliphatic hydroxyl groups is 1. The molecular weight excluding hydrogens is 212 g/mol. The quantitative estimate of drug-likeness (QED) is 0.707. The maximum Gasteiger partial charge on any atom is 0.124 e. The Kier molecular flexibility index (Phi) is 3.53. The van der Waals surface area contributed by atoms with Crippen LogP contribution in [0.3, 0.4) is 0 Å². The average Bonchev–Trinajstić information content (AvgIpc) is 2.68. The lowest BCUT2D eigenvalue weighted by atomic mass is 9.76. The van der Waals surface area contributed by atoms with Crippen molar-refractivity contribution in [3.8, 4) is 0 Å². The summed E-state index contributed by atoms with van der Waals surface area (Å²) in [6, 6.07) is 0. The van der Waals surface area contributed by atoms with Crippen LogP contribution in [-0.2, 0) is 4.74 Å². The molecule has 0 spiro atoms. The number of rotatable bonds is 1. The minimum Gasteiger partial charge on any atom is -0.495 e. The van der Waals surface area contributed by atoms with Gasteiger partial charge < -0.3 is 9.84 Å². The molecule has 2 aliphatic rings. The van der Waals surface area contributed by atoms with Crippen LogP contribution in [0, 0.1) is 11.3 Å². The molecule has 0 bridgehead atoms. The molecule has 1 heterocycles. The van der Waals surface area contributed by atoms with Gasteiger partial charge in [0.2, 0.25) is 0 Å². The van der Waals surface area contributed by atoms with Gasteiger partial charge in [0, 0.05) is 6.42 Å². The third kappa shape index (κ3) is 2.85. The molecule has 1 aliphatic carbocycles. The molecule has 0 aromatic heterocycles. The summed E-state index contributed by atoms with van der Waals surface area (Å²) in [5, 5.41) is 10.7. The minimum absolute atomic E-state index is 0.357. The van der Waals surface area contributed by atoms with E-state index >= 15 is 0 Å². The SMILES string of the molecule is CC(C)(C)C1CCCC(O)(C2=CCCO2)CC1. The topological polar surface area (TPSA) is 29.5 Å². The first-order valence-corrected chi connectivity index (χ1v) is 6.98. The average molecular weight is 238 g/mol. The molecule has 98 valence electrons. The normalized spacial score (nSPS) is 35.1. The second-order valence-corrected chi connectivity index (χ2v) is 6.73. The van der Waals surface area contributed by atoms with E-state index in [2.05, 4.69) is 26.8 Å².